The molecule has 0 unspecified atom stereocenters. The molecule has 3 N–H and O–H groups in total. The first kappa shape index (κ1) is 15.7. The molecular formula is C15H26N6. The molecule has 1 aliphatic rings. The standard InChI is InChI=1S/C15H26N6/c1-10(2)9-20-5-7-21(8-6-20)15-13(14(16)17)11(3)12(4)18-19-15/h10H,5-9H2,1-4H3,(H3,16,17). The highest BCUT2D eigenvalue weighted by atomic mass is 15.3. The van der Waals surface area contributed by atoms with Crippen molar-refractivity contribution < 1.29 is 0 Å². The van der Waals surface area contributed by atoms with Gasteiger partial charge in [0, 0.05) is 32.7 Å². The van der Waals surface area contributed by atoms with Crippen molar-refractivity contribution >= 4 is 11.7 Å². The number of hydrogen-bond donors (Lipinski definition) is 2. The zero-order valence-electron chi connectivity index (χ0n) is 13.5. The van der Waals surface area contributed by atoms with E-state index >= 15 is 0 Å². The lowest BCUT2D eigenvalue weighted by Crippen LogP contribution is -2.48. The Morgan fingerprint density at radius 1 is 1.19 bits per heavy atom. The van der Waals surface area contributed by atoms with Crippen molar-refractivity contribution in [2.24, 2.45) is 11.7 Å². The molecule has 0 aromatic carbocycles. The Labute approximate surface area is 126 Å². The maximum Gasteiger partial charge on any atom is 0.162 e. The van der Waals surface area contributed by atoms with E-state index in [9.17, 15) is 0 Å². The molecule has 1 fully saturated rings. The number of nitrogen functional groups attached to an aromatic ring is 1. The third-order valence-electron chi connectivity index (χ3n) is 4.00. The van der Waals surface area contributed by atoms with Gasteiger partial charge in [-0.15, -0.1) is 5.10 Å². The molecule has 2 heterocycles. The predicted octanol–water partition coefficient (Wildman–Crippen LogP) is 1.16. The van der Waals surface area contributed by atoms with Crippen LogP contribution in [0.5, 0.6) is 0 Å². The summed E-state index contributed by atoms with van der Waals surface area (Å²) in [5, 5.41) is 16.4. The highest BCUT2D eigenvalue weighted by Gasteiger charge is 2.23. The van der Waals surface area contributed by atoms with E-state index in [4.69, 9.17) is 11.1 Å². The van der Waals surface area contributed by atoms with Gasteiger partial charge in [-0.25, -0.2) is 0 Å². The number of hydrogen-bond acceptors (Lipinski definition) is 5. The Bertz CT molecular complexity index is 517. The van der Waals surface area contributed by atoms with Crippen molar-refractivity contribution in [3.63, 3.8) is 0 Å². The second-order valence-electron chi connectivity index (χ2n) is 6.20. The maximum absolute atomic E-state index is 7.84. The lowest BCUT2D eigenvalue weighted by atomic mass is 10.1. The minimum atomic E-state index is 0.0742. The highest BCUT2D eigenvalue weighted by Crippen LogP contribution is 2.23. The van der Waals surface area contributed by atoms with Gasteiger partial charge in [-0.2, -0.15) is 5.10 Å². The van der Waals surface area contributed by atoms with Gasteiger partial charge in [-0.3, -0.25) is 10.3 Å². The molecule has 6 heteroatoms. The molecular weight excluding hydrogens is 264 g/mol. The summed E-state index contributed by atoms with van der Waals surface area (Å²) in [6.45, 7) is 13.3. The van der Waals surface area contributed by atoms with E-state index < -0.39 is 0 Å². The number of rotatable bonds is 4. The topological polar surface area (TPSA) is 82.1 Å². The van der Waals surface area contributed by atoms with Crippen molar-refractivity contribution in [3.8, 4) is 0 Å². The van der Waals surface area contributed by atoms with Gasteiger partial charge in [0.05, 0.1) is 11.3 Å². The Morgan fingerprint density at radius 3 is 2.33 bits per heavy atom. The number of anilines is 1. The molecule has 0 saturated carbocycles. The molecule has 2 rings (SSSR count). The van der Waals surface area contributed by atoms with Crippen molar-refractivity contribution in [2.45, 2.75) is 27.7 Å². The zero-order chi connectivity index (χ0) is 15.6. The van der Waals surface area contributed by atoms with Gasteiger partial charge in [0.15, 0.2) is 5.82 Å². The van der Waals surface area contributed by atoms with Gasteiger partial charge >= 0.3 is 0 Å². The zero-order valence-corrected chi connectivity index (χ0v) is 13.5. The van der Waals surface area contributed by atoms with Crippen LogP contribution in [-0.4, -0.2) is 53.7 Å². The van der Waals surface area contributed by atoms with Gasteiger partial charge in [0.1, 0.15) is 5.84 Å². The first-order valence-corrected chi connectivity index (χ1v) is 7.55. The Hall–Kier alpha value is -1.69. The molecule has 0 amide bonds. The molecule has 0 atom stereocenters. The van der Waals surface area contributed by atoms with Crippen LogP contribution in [0.1, 0.15) is 30.7 Å². The summed E-state index contributed by atoms with van der Waals surface area (Å²) in [4.78, 5) is 4.68. The minimum Gasteiger partial charge on any atom is -0.384 e. The Kier molecular flexibility index (Phi) is 4.77. The predicted molar refractivity (Wildman–Crippen MR) is 86.0 cm³/mol. The molecule has 21 heavy (non-hydrogen) atoms. The normalized spacial score (nSPS) is 16.5. The minimum absolute atomic E-state index is 0.0742. The molecule has 1 aromatic heterocycles. The fourth-order valence-corrected chi connectivity index (χ4v) is 2.80. The summed E-state index contributed by atoms with van der Waals surface area (Å²) in [5.41, 5.74) is 8.29. The lowest BCUT2D eigenvalue weighted by molar-refractivity contribution is 0.230. The van der Waals surface area contributed by atoms with Gasteiger partial charge < -0.3 is 10.6 Å². The number of nitrogens with zero attached hydrogens (tertiary/aromatic N) is 4. The largest absolute Gasteiger partial charge is 0.384 e. The van der Waals surface area contributed by atoms with Crippen LogP contribution < -0.4 is 10.6 Å². The third kappa shape index (κ3) is 3.50. The average molecular weight is 290 g/mol. The van der Waals surface area contributed by atoms with Gasteiger partial charge in [-0.1, -0.05) is 13.8 Å². The summed E-state index contributed by atoms with van der Waals surface area (Å²) < 4.78 is 0. The van der Waals surface area contributed by atoms with E-state index in [1.165, 1.54) is 0 Å². The van der Waals surface area contributed by atoms with Gasteiger partial charge in [-0.05, 0) is 25.3 Å². The fourth-order valence-electron chi connectivity index (χ4n) is 2.80. The summed E-state index contributed by atoms with van der Waals surface area (Å²) in [6, 6.07) is 0. The second-order valence-corrected chi connectivity index (χ2v) is 6.20. The van der Waals surface area contributed by atoms with Crippen LogP contribution in [0.4, 0.5) is 5.82 Å². The van der Waals surface area contributed by atoms with Gasteiger partial charge in [0.2, 0.25) is 0 Å². The van der Waals surface area contributed by atoms with Crippen molar-refractivity contribution in [2.75, 3.05) is 37.6 Å². The van der Waals surface area contributed by atoms with Crippen LogP contribution in [0, 0.1) is 25.2 Å². The molecule has 0 aliphatic carbocycles. The molecule has 6 nitrogen and oxygen atoms in total. The monoisotopic (exact) mass is 290 g/mol. The first-order valence-electron chi connectivity index (χ1n) is 7.55. The number of aromatic nitrogens is 2. The number of amidine groups is 1. The summed E-state index contributed by atoms with van der Waals surface area (Å²) in [7, 11) is 0. The van der Waals surface area contributed by atoms with E-state index in [0.717, 1.165) is 55.4 Å². The second kappa shape index (κ2) is 6.39. The molecule has 0 bridgehead atoms. The van der Waals surface area contributed by atoms with Crippen LogP contribution in [0.3, 0.4) is 0 Å². The van der Waals surface area contributed by atoms with Crippen molar-refractivity contribution in [3.05, 3.63) is 16.8 Å². The quantitative estimate of drug-likeness (QED) is 0.642. The number of nitrogens with one attached hydrogen (secondary N) is 1. The van der Waals surface area contributed by atoms with Gasteiger partial charge in [0.25, 0.3) is 0 Å². The van der Waals surface area contributed by atoms with Crippen LogP contribution in [-0.2, 0) is 0 Å². The summed E-state index contributed by atoms with van der Waals surface area (Å²) >= 11 is 0. The molecule has 116 valence electrons. The Morgan fingerprint density at radius 2 is 1.81 bits per heavy atom. The van der Waals surface area contributed by atoms with Crippen molar-refractivity contribution in [1.82, 2.24) is 15.1 Å². The fraction of sp³-hybridized carbons (Fsp3) is 0.667. The Balaban J connectivity index is 2.17. The highest BCUT2D eigenvalue weighted by molar-refractivity contribution is 6.01. The molecule has 0 spiro atoms. The first-order chi connectivity index (χ1) is 9.90. The maximum atomic E-state index is 7.84. The summed E-state index contributed by atoms with van der Waals surface area (Å²) in [6.07, 6.45) is 0. The third-order valence-corrected chi connectivity index (χ3v) is 4.00. The molecule has 1 saturated heterocycles. The van der Waals surface area contributed by atoms with E-state index in [1.54, 1.807) is 0 Å². The van der Waals surface area contributed by atoms with E-state index in [0.29, 0.717) is 5.92 Å². The van der Waals surface area contributed by atoms with Crippen LogP contribution in [0.25, 0.3) is 0 Å². The SMILES string of the molecule is Cc1nnc(N2CCN(CC(C)C)CC2)c(C(=N)N)c1C. The molecule has 0 radical (unpaired) electrons. The molecule has 1 aromatic rings. The van der Waals surface area contributed by atoms with E-state index in [1.807, 2.05) is 13.8 Å². The summed E-state index contributed by atoms with van der Waals surface area (Å²) in [5.74, 6) is 1.52. The van der Waals surface area contributed by atoms with Crippen molar-refractivity contribution in [1.29, 1.82) is 5.41 Å². The smallest absolute Gasteiger partial charge is 0.162 e. The van der Waals surface area contributed by atoms with Crippen LogP contribution >= 0.6 is 0 Å². The number of piperazine rings is 1. The van der Waals surface area contributed by atoms with Crippen LogP contribution in [0.2, 0.25) is 0 Å². The van der Waals surface area contributed by atoms with E-state index in [-0.39, 0.29) is 5.84 Å². The van der Waals surface area contributed by atoms with Crippen LogP contribution in [0.15, 0.2) is 0 Å². The lowest BCUT2D eigenvalue weighted by Gasteiger charge is -2.36. The number of nitrogens with two attached hydrogens (primary N) is 1. The molecule has 1 aliphatic heterocycles. The number of aryl methyl sites for hydroxylation is 1. The van der Waals surface area contributed by atoms with E-state index in [2.05, 4.69) is 33.8 Å². The average Bonchev–Trinajstić information content (AvgIpc) is 2.41.